The Morgan fingerprint density at radius 2 is 1.32 bits per heavy atom. The minimum Gasteiger partial charge on any atom is -0.399 e. The lowest BCUT2D eigenvalue weighted by molar-refractivity contribution is -0.128. The van der Waals surface area contributed by atoms with Crippen molar-refractivity contribution in [1.82, 2.24) is 5.32 Å². The van der Waals surface area contributed by atoms with Crippen LogP contribution in [0.4, 0.5) is 11.4 Å². The fourth-order valence-electron chi connectivity index (χ4n) is 4.40. The SMILES string of the molecule is CN(C(=O)[C@H](NC(=O)C(c1ccccc1)c1ccccc1)c1cccc(N)c1)c1ccc(CC(N)=O)cc1. The van der Waals surface area contributed by atoms with Crippen LogP contribution in [0.15, 0.2) is 109 Å². The van der Waals surface area contributed by atoms with Gasteiger partial charge in [0, 0.05) is 18.4 Å². The molecule has 38 heavy (non-hydrogen) atoms. The minimum absolute atomic E-state index is 0.111. The number of hydrogen-bond acceptors (Lipinski definition) is 4. The van der Waals surface area contributed by atoms with Crippen LogP contribution in [0.3, 0.4) is 0 Å². The van der Waals surface area contributed by atoms with E-state index in [0.29, 0.717) is 16.9 Å². The molecular formula is C31H30N4O3. The quantitative estimate of drug-likeness (QED) is 0.298. The second-order valence-electron chi connectivity index (χ2n) is 9.07. The molecule has 4 aromatic rings. The fourth-order valence-corrected chi connectivity index (χ4v) is 4.40. The van der Waals surface area contributed by atoms with Crippen LogP contribution in [0, 0.1) is 0 Å². The molecule has 0 aliphatic rings. The Morgan fingerprint density at radius 1 is 0.763 bits per heavy atom. The molecular weight excluding hydrogens is 476 g/mol. The van der Waals surface area contributed by atoms with Crippen molar-refractivity contribution >= 4 is 29.1 Å². The summed E-state index contributed by atoms with van der Waals surface area (Å²) in [6.45, 7) is 0. The molecule has 0 aromatic heterocycles. The molecule has 0 saturated heterocycles. The third-order valence-electron chi connectivity index (χ3n) is 6.34. The molecule has 0 spiro atoms. The van der Waals surface area contributed by atoms with E-state index in [2.05, 4.69) is 5.32 Å². The topological polar surface area (TPSA) is 119 Å². The number of anilines is 2. The molecule has 0 bridgehead atoms. The van der Waals surface area contributed by atoms with Gasteiger partial charge in [-0.3, -0.25) is 14.4 Å². The van der Waals surface area contributed by atoms with Crippen molar-refractivity contribution in [2.45, 2.75) is 18.4 Å². The lowest BCUT2D eigenvalue weighted by atomic mass is 9.90. The molecule has 4 rings (SSSR count). The molecule has 3 amide bonds. The number of benzene rings is 4. The Bertz CT molecular complexity index is 1370. The summed E-state index contributed by atoms with van der Waals surface area (Å²) in [6.07, 6.45) is 0.111. The summed E-state index contributed by atoms with van der Waals surface area (Å²) in [5.41, 5.74) is 15.4. The molecule has 0 aliphatic carbocycles. The summed E-state index contributed by atoms with van der Waals surface area (Å²) in [5.74, 6) is -1.70. The van der Waals surface area contributed by atoms with Crippen molar-refractivity contribution in [3.8, 4) is 0 Å². The van der Waals surface area contributed by atoms with Crippen LogP contribution >= 0.6 is 0 Å². The van der Waals surface area contributed by atoms with Gasteiger partial charge < -0.3 is 21.7 Å². The van der Waals surface area contributed by atoms with Crippen molar-refractivity contribution in [3.63, 3.8) is 0 Å². The zero-order chi connectivity index (χ0) is 27.1. The van der Waals surface area contributed by atoms with Crippen LogP contribution in [-0.2, 0) is 20.8 Å². The molecule has 0 aliphatic heterocycles. The average Bonchev–Trinajstić information content (AvgIpc) is 2.92. The van der Waals surface area contributed by atoms with Crippen molar-refractivity contribution in [1.29, 1.82) is 0 Å². The molecule has 0 fully saturated rings. The average molecular weight is 507 g/mol. The minimum atomic E-state index is -0.990. The normalized spacial score (nSPS) is 11.5. The third-order valence-corrected chi connectivity index (χ3v) is 6.34. The predicted octanol–water partition coefficient (Wildman–Crippen LogP) is 3.95. The van der Waals surface area contributed by atoms with Crippen LogP contribution in [-0.4, -0.2) is 24.8 Å². The molecule has 1 atom stereocenters. The monoisotopic (exact) mass is 506 g/mol. The Morgan fingerprint density at radius 3 is 1.84 bits per heavy atom. The first-order chi connectivity index (χ1) is 18.3. The highest BCUT2D eigenvalue weighted by Crippen LogP contribution is 2.28. The van der Waals surface area contributed by atoms with Crippen LogP contribution in [0.25, 0.3) is 0 Å². The molecule has 0 unspecified atom stereocenters. The number of nitrogen functional groups attached to an aromatic ring is 1. The molecule has 7 nitrogen and oxygen atoms in total. The van der Waals surface area contributed by atoms with Crippen LogP contribution in [0.1, 0.15) is 34.2 Å². The number of nitrogens with two attached hydrogens (primary N) is 2. The smallest absolute Gasteiger partial charge is 0.253 e. The van der Waals surface area contributed by atoms with Gasteiger partial charge in [-0.2, -0.15) is 0 Å². The number of primary amides is 1. The van der Waals surface area contributed by atoms with Gasteiger partial charge in [0.15, 0.2) is 0 Å². The van der Waals surface area contributed by atoms with Crippen LogP contribution in [0.2, 0.25) is 0 Å². The fraction of sp³-hybridized carbons (Fsp3) is 0.129. The Hall–Kier alpha value is -4.91. The van der Waals surface area contributed by atoms with Gasteiger partial charge in [-0.05, 0) is 46.5 Å². The molecule has 5 N–H and O–H groups in total. The van der Waals surface area contributed by atoms with Crippen LogP contribution in [0.5, 0.6) is 0 Å². The number of nitrogens with zero attached hydrogens (tertiary/aromatic N) is 1. The summed E-state index contributed by atoms with van der Waals surface area (Å²) < 4.78 is 0. The second-order valence-corrected chi connectivity index (χ2v) is 9.07. The third kappa shape index (κ3) is 6.25. The summed E-state index contributed by atoms with van der Waals surface area (Å²) >= 11 is 0. The van der Waals surface area contributed by atoms with Crippen molar-refractivity contribution in [3.05, 3.63) is 131 Å². The van der Waals surface area contributed by atoms with Gasteiger partial charge in [-0.15, -0.1) is 0 Å². The molecule has 0 saturated carbocycles. The highest BCUT2D eigenvalue weighted by atomic mass is 16.2. The van der Waals surface area contributed by atoms with Crippen molar-refractivity contribution < 1.29 is 14.4 Å². The molecule has 0 heterocycles. The lowest BCUT2D eigenvalue weighted by Gasteiger charge is -2.27. The van der Waals surface area contributed by atoms with E-state index in [4.69, 9.17) is 11.5 Å². The van der Waals surface area contributed by atoms with Gasteiger partial charge >= 0.3 is 0 Å². The Kier molecular flexibility index (Phi) is 8.18. The number of hydrogen-bond donors (Lipinski definition) is 3. The lowest BCUT2D eigenvalue weighted by Crippen LogP contribution is -2.43. The number of carbonyl (C=O) groups excluding carboxylic acids is 3. The van der Waals surface area contributed by atoms with E-state index >= 15 is 0 Å². The van der Waals surface area contributed by atoms with Gasteiger partial charge in [0.2, 0.25) is 11.8 Å². The number of carbonyl (C=O) groups is 3. The number of rotatable bonds is 9. The molecule has 0 radical (unpaired) electrons. The van der Waals surface area contributed by atoms with Gasteiger partial charge in [0.25, 0.3) is 5.91 Å². The van der Waals surface area contributed by atoms with E-state index in [1.807, 2.05) is 60.7 Å². The number of amides is 3. The Labute approximate surface area is 222 Å². The highest BCUT2D eigenvalue weighted by Gasteiger charge is 2.31. The van der Waals surface area contributed by atoms with E-state index in [1.165, 1.54) is 4.90 Å². The van der Waals surface area contributed by atoms with Gasteiger partial charge in [-0.25, -0.2) is 0 Å². The zero-order valence-corrected chi connectivity index (χ0v) is 21.1. The first-order valence-corrected chi connectivity index (χ1v) is 12.2. The van der Waals surface area contributed by atoms with Gasteiger partial charge in [-0.1, -0.05) is 84.9 Å². The van der Waals surface area contributed by atoms with Crippen molar-refractivity contribution in [2.24, 2.45) is 5.73 Å². The van der Waals surface area contributed by atoms with Gasteiger partial charge in [0.1, 0.15) is 6.04 Å². The standard InChI is InChI=1S/C31H30N4O3/c1-35(26-17-15-21(16-18-26)19-27(33)36)31(38)29(24-13-8-14-25(32)20-24)34-30(37)28(22-9-4-2-5-10-22)23-11-6-3-7-12-23/h2-18,20,28-29H,19,32H2,1H3,(H2,33,36)(H,34,37)/t29-/m1/s1. The molecule has 192 valence electrons. The number of nitrogens with one attached hydrogen (secondary N) is 1. The summed E-state index contributed by atoms with van der Waals surface area (Å²) in [7, 11) is 1.64. The zero-order valence-electron chi connectivity index (χ0n) is 21.1. The van der Waals surface area contributed by atoms with E-state index in [-0.39, 0.29) is 18.2 Å². The van der Waals surface area contributed by atoms with E-state index in [0.717, 1.165) is 16.7 Å². The second kappa shape index (κ2) is 11.9. The first-order valence-electron chi connectivity index (χ1n) is 12.2. The number of likely N-dealkylation sites (N-methyl/N-ethyl adjacent to an activating group) is 1. The summed E-state index contributed by atoms with van der Waals surface area (Å²) in [4.78, 5) is 40.4. The van der Waals surface area contributed by atoms with E-state index in [9.17, 15) is 14.4 Å². The maximum Gasteiger partial charge on any atom is 0.253 e. The first kappa shape index (κ1) is 26.2. The summed E-state index contributed by atoms with van der Waals surface area (Å²) in [6, 6.07) is 31.8. The maximum atomic E-state index is 13.9. The highest BCUT2D eigenvalue weighted by molar-refractivity contribution is 6.00. The Balaban J connectivity index is 1.67. The molecule has 7 heteroatoms. The van der Waals surface area contributed by atoms with E-state index < -0.39 is 17.9 Å². The van der Waals surface area contributed by atoms with Gasteiger partial charge in [0.05, 0.1) is 12.3 Å². The predicted molar refractivity (Wildman–Crippen MR) is 149 cm³/mol. The van der Waals surface area contributed by atoms with E-state index in [1.54, 1.807) is 55.6 Å². The summed E-state index contributed by atoms with van der Waals surface area (Å²) in [5, 5.41) is 3.00. The molecule has 4 aromatic carbocycles. The van der Waals surface area contributed by atoms with Crippen molar-refractivity contribution in [2.75, 3.05) is 17.7 Å². The largest absolute Gasteiger partial charge is 0.399 e. The maximum absolute atomic E-state index is 13.9. The van der Waals surface area contributed by atoms with Crippen LogP contribution < -0.4 is 21.7 Å².